The van der Waals surface area contributed by atoms with Crippen LogP contribution >= 0.6 is 12.4 Å². The fourth-order valence-electron chi connectivity index (χ4n) is 3.81. The molecule has 3 N–H and O–H groups in total. The second-order valence-corrected chi connectivity index (χ2v) is 7.12. The highest BCUT2D eigenvalue weighted by Gasteiger charge is 2.31. The van der Waals surface area contributed by atoms with Gasteiger partial charge in [0.2, 0.25) is 5.91 Å². The molecule has 5 heteroatoms. The lowest BCUT2D eigenvalue weighted by atomic mass is 9.89. The van der Waals surface area contributed by atoms with E-state index in [1.165, 1.54) is 11.1 Å². The molecule has 4 nitrogen and oxygen atoms in total. The molecule has 1 amide bonds. The molecule has 1 aliphatic heterocycles. The van der Waals surface area contributed by atoms with Gasteiger partial charge >= 0.3 is 0 Å². The Kier molecular flexibility index (Phi) is 7.08. The smallest absolute Gasteiger partial charge is 0.223 e. The van der Waals surface area contributed by atoms with Gasteiger partial charge in [0.15, 0.2) is 0 Å². The highest BCUT2D eigenvalue weighted by molar-refractivity contribution is 5.85. The molecule has 3 rings (SSSR count). The lowest BCUT2D eigenvalue weighted by Crippen LogP contribution is -2.37. The van der Waals surface area contributed by atoms with E-state index in [9.17, 15) is 4.79 Å². The standard InChI is InChI=1S/C19H28N2O2.ClH/c1-13-4-6-14(7-5-13)18-16(3-2-10-23-18)12-21-19(22)15-8-9-17(20)11-15;/h4-7,15-18H,2-3,8-12,20H2,1H3,(H,21,22);1H. The molecule has 4 unspecified atom stereocenters. The summed E-state index contributed by atoms with van der Waals surface area (Å²) in [7, 11) is 0. The molecule has 4 atom stereocenters. The first-order valence-electron chi connectivity index (χ1n) is 8.85. The average Bonchev–Trinajstić information content (AvgIpc) is 3.00. The molecule has 1 heterocycles. The van der Waals surface area contributed by atoms with E-state index in [-0.39, 0.29) is 36.4 Å². The van der Waals surface area contributed by atoms with Gasteiger partial charge in [-0.05, 0) is 44.6 Å². The number of hydrogen-bond donors (Lipinski definition) is 2. The van der Waals surface area contributed by atoms with Crippen molar-refractivity contribution in [1.82, 2.24) is 5.32 Å². The average molecular weight is 353 g/mol. The van der Waals surface area contributed by atoms with Crippen LogP contribution in [0.15, 0.2) is 24.3 Å². The Balaban J connectivity index is 0.00000208. The molecule has 24 heavy (non-hydrogen) atoms. The number of aryl methyl sites for hydroxylation is 1. The van der Waals surface area contributed by atoms with Crippen molar-refractivity contribution in [2.45, 2.75) is 51.2 Å². The van der Waals surface area contributed by atoms with Gasteiger partial charge in [-0.25, -0.2) is 0 Å². The first kappa shape index (κ1) is 19.2. The minimum atomic E-state index is 0. The van der Waals surface area contributed by atoms with Gasteiger partial charge in [0.1, 0.15) is 0 Å². The van der Waals surface area contributed by atoms with Gasteiger partial charge < -0.3 is 15.8 Å². The molecule has 2 fully saturated rings. The third kappa shape index (κ3) is 4.71. The maximum Gasteiger partial charge on any atom is 0.223 e. The molecule has 1 aromatic carbocycles. The van der Waals surface area contributed by atoms with Crippen molar-refractivity contribution in [3.8, 4) is 0 Å². The fourth-order valence-corrected chi connectivity index (χ4v) is 3.81. The van der Waals surface area contributed by atoms with Crippen LogP contribution in [0.1, 0.15) is 49.3 Å². The number of hydrogen-bond acceptors (Lipinski definition) is 3. The van der Waals surface area contributed by atoms with Gasteiger partial charge in [-0.1, -0.05) is 29.8 Å². The Morgan fingerprint density at radius 2 is 2.00 bits per heavy atom. The summed E-state index contributed by atoms with van der Waals surface area (Å²) >= 11 is 0. The lowest BCUT2D eigenvalue weighted by molar-refractivity contribution is -0.125. The van der Waals surface area contributed by atoms with Crippen molar-refractivity contribution >= 4 is 18.3 Å². The Morgan fingerprint density at radius 3 is 2.67 bits per heavy atom. The molecule has 0 radical (unpaired) electrons. The maximum absolute atomic E-state index is 12.3. The van der Waals surface area contributed by atoms with Gasteiger partial charge in [0, 0.05) is 31.0 Å². The van der Waals surface area contributed by atoms with Gasteiger partial charge in [-0.3, -0.25) is 4.79 Å². The number of amides is 1. The summed E-state index contributed by atoms with van der Waals surface area (Å²) in [5.74, 6) is 0.629. The summed E-state index contributed by atoms with van der Waals surface area (Å²) in [5, 5.41) is 3.15. The number of carbonyl (C=O) groups excluding carboxylic acids is 1. The Labute approximate surface area is 150 Å². The number of benzene rings is 1. The summed E-state index contributed by atoms with van der Waals surface area (Å²) in [6, 6.07) is 8.75. The number of nitrogens with two attached hydrogens (primary N) is 1. The third-order valence-corrected chi connectivity index (χ3v) is 5.23. The topological polar surface area (TPSA) is 64.3 Å². The first-order chi connectivity index (χ1) is 11.1. The molecule has 1 saturated heterocycles. The van der Waals surface area contributed by atoms with Crippen LogP contribution in [0.2, 0.25) is 0 Å². The highest BCUT2D eigenvalue weighted by atomic mass is 35.5. The first-order valence-corrected chi connectivity index (χ1v) is 8.85. The van der Waals surface area contributed by atoms with Crippen LogP contribution in [0.25, 0.3) is 0 Å². The third-order valence-electron chi connectivity index (χ3n) is 5.23. The monoisotopic (exact) mass is 352 g/mol. The predicted molar refractivity (Wildman–Crippen MR) is 98.2 cm³/mol. The quantitative estimate of drug-likeness (QED) is 0.875. The van der Waals surface area contributed by atoms with E-state index in [4.69, 9.17) is 10.5 Å². The summed E-state index contributed by atoms with van der Waals surface area (Å²) < 4.78 is 6.02. The highest BCUT2D eigenvalue weighted by Crippen LogP contribution is 2.33. The molecular formula is C19H29ClN2O2. The van der Waals surface area contributed by atoms with Gasteiger partial charge in [0.05, 0.1) is 6.10 Å². The van der Waals surface area contributed by atoms with Crippen molar-refractivity contribution < 1.29 is 9.53 Å². The number of halogens is 1. The molecule has 0 spiro atoms. The van der Waals surface area contributed by atoms with E-state index in [2.05, 4.69) is 36.5 Å². The molecule has 1 aromatic rings. The van der Waals surface area contributed by atoms with Crippen LogP contribution in [0.5, 0.6) is 0 Å². The van der Waals surface area contributed by atoms with Crippen LogP contribution in [-0.4, -0.2) is 25.1 Å². The van der Waals surface area contributed by atoms with E-state index in [1.807, 2.05) is 0 Å². The molecule has 1 saturated carbocycles. The normalized spacial score (nSPS) is 29.8. The number of ether oxygens (including phenoxy) is 1. The Morgan fingerprint density at radius 1 is 1.25 bits per heavy atom. The van der Waals surface area contributed by atoms with Crippen LogP contribution < -0.4 is 11.1 Å². The minimum Gasteiger partial charge on any atom is -0.373 e. The zero-order valence-electron chi connectivity index (χ0n) is 14.4. The molecule has 0 aromatic heterocycles. The number of nitrogens with one attached hydrogen (secondary N) is 1. The van der Waals surface area contributed by atoms with E-state index < -0.39 is 0 Å². The molecule has 1 aliphatic carbocycles. The molecule has 134 valence electrons. The Bertz CT molecular complexity index is 535. The van der Waals surface area contributed by atoms with E-state index >= 15 is 0 Å². The van der Waals surface area contributed by atoms with Crippen molar-refractivity contribution in [2.75, 3.05) is 13.2 Å². The van der Waals surface area contributed by atoms with Gasteiger partial charge in [-0.15, -0.1) is 12.4 Å². The van der Waals surface area contributed by atoms with E-state index in [0.29, 0.717) is 12.5 Å². The van der Waals surface area contributed by atoms with Crippen LogP contribution in [-0.2, 0) is 9.53 Å². The van der Waals surface area contributed by atoms with Crippen molar-refractivity contribution in [1.29, 1.82) is 0 Å². The second-order valence-electron chi connectivity index (χ2n) is 7.12. The number of rotatable bonds is 4. The van der Waals surface area contributed by atoms with E-state index in [0.717, 1.165) is 38.7 Å². The van der Waals surface area contributed by atoms with Crippen LogP contribution in [0.4, 0.5) is 0 Å². The summed E-state index contributed by atoms with van der Waals surface area (Å²) in [5.41, 5.74) is 8.39. The van der Waals surface area contributed by atoms with Crippen molar-refractivity contribution in [2.24, 2.45) is 17.6 Å². The van der Waals surface area contributed by atoms with Gasteiger partial charge in [-0.2, -0.15) is 0 Å². The maximum atomic E-state index is 12.3. The Hall–Kier alpha value is -1.10. The van der Waals surface area contributed by atoms with Gasteiger partial charge in [0.25, 0.3) is 0 Å². The molecular weight excluding hydrogens is 324 g/mol. The van der Waals surface area contributed by atoms with Crippen molar-refractivity contribution in [3.05, 3.63) is 35.4 Å². The lowest BCUT2D eigenvalue weighted by Gasteiger charge is -2.32. The van der Waals surface area contributed by atoms with E-state index in [1.54, 1.807) is 0 Å². The second kappa shape index (κ2) is 8.84. The predicted octanol–water partition coefficient (Wildman–Crippen LogP) is 3.13. The van der Waals surface area contributed by atoms with Crippen LogP contribution in [0, 0.1) is 18.8 Å². The fraction of sp³-hybridized carbons (Fsp3) is 0.632. The summed E-state index contributed by atoms with van der Waals surface area (Å²) in [4.78, 5) is 12.3. The molecule has 0 bridgehead atoms. The minimum absolute atomic E-state index is 0. The largest absolute Gasteiger partial charge is 0.373 e. The zero-order chi connectivity index (χ0) is 16.2. The zero-order valence-corrected chi connectivity index (χ0v) is 15.2. The van der Waals surface area contributed by atoms with Crippen LogP contribution in [0.3, 0.4) is 0 Å². The summed E-state index contributed by atoms with van der Waals surface area (Å²) in [6.07, 6.45) is 4.98. The number of carbonyl (C=O) groups is 1. The summed E-state index contributed by atoms with van der Waals surface area (Å²) in [6.45, 7) is 3.60. The SMILES string of the molecule is Cc1ccc(C2OCCCC2CNC(=O)C2CCC(N)C2)cc1.Cl. The molecule has 2 aliphatic rings. The van der Waals surface area contributed by atoms with Crippen molar-refractivity contribution in [3.63, 3.8) is 0 Å².